The Balaban J connectivity index is 0.000000122. The van der Waals surface area contributed by atoms with Gasteiger partial charge in [0.1, 0.15) is 45.2 Å². The van der Waals surface area contributed by atoms with Crippen LogP contribution in [-0.2, 0) is 9.59 Å². The number of hydrogen-bond acceptors (Lipinski definition) is 21. The Bertz CT molecular complexity index is 4630. The van der Waals surface area contributed by atoms with Gasteiger partial charge in [0.15, 0.2) is 0 Å². The number of rotatable bonds is 10. The molecule has 0 unspecified atom stereocenters. The van der Waals surface area contributed by atoms with E-state index in [0.29, 0.717) is 28.0 Å². The van der Waals surface area contributed by atoms with Crippen LogP contribution in [0.1, 0.15) is 90.9 Å². The number of benzene rings is 3. The number of nitrogens with zero attached hydrogens (tertiary/aromatic N) is 16. The van der Waals surface area contributed by atoms with Gasteiger partial charge in [0.2, 0.25) is 34.3 Å². The molecular formula is C78H100Cl3N25O2. The Kier molecular flexibility index (Phi) is 26.7. The van der Waals surface area contributed by atoms with E-state index in [1.807, 2.05) is 58.7 Å². The van der Waals surface area contributed by atoms with Crippen LogP contribution in [0.2, 0.25) is 15.7 Å². The zero-order valence-corrected chi connectivity index (χ0v) is 64.1. The van der Waals surface area contributed by atoms with Crippen LogP contribution >= 0.6 is 34.8 Å². The van der Waals surface area contributed by atoms with Crippen molar-refractivity contribution in [3.63, 3.8) is 0 Å². The number of nitrogens with one attached hydrogen (secondary N) is 8. The molecule has 3 aromatic carbocycles. The lowest BCUT2D eigenvalue weighted by molar-refractivity contribution is -0.129. The van der Waals surface area contributed by atoms with Crippen molar-refractivity contribution < 1.29 is 9.59 Å². The molecule has 2 amide bonds. The maximum atomic E-state index is 11.5. The summed E-state index contributed by atoms with van der Waals surface area (Å²) in [6, 6.07) is 32.7. The zero-order valence-electron chi connectivity index (χ0n) is 61.9. The fourth-order valence-corrected chi connectivity index (χ4v) is 15.1. The topological polar surface area (TPSA) is 300 Å². The lowest BCUT2D eigenvalue weighted by atomic mass is 10.1. The summed E-state index contributed by atoms with van der Waals surface area (Å²) < 4.78 is 0. The third-order valence-corrected chi connectivity index (χ3v) is 21.1. The van der Waals surface area contributed by atoms with Crippen molar-refractivity contribution in [1.29, 1.82) is 0 Å². The maximum absolute atomic E-state index is 11.5. The van der Waals surface area contributed by atoms with Gasteiger partial charge in [-0.1, -0.05) is 18.0 Å². The predicted octanol–water partition coefficient (Wildman–Crippen LogP) is 13.0. The minimum Gasteiger partial charge on any atom is -0.399 e. The number of halogens is 3. The van der Waals surface area contributed by atoms with Gasteiger partial charge in [0, 0.05) is 191 Å². The molecular weight excluding hydrogens is 1430 g/mol. The predicted molar refractivity (Wildman–Crippen MR) is 440 cm³/mol. The van der Waals surface area contributed by atoms with Gasteiger partial charge in [-0.2, -0.15) is 34.9 Å². The Labute approximate surface area is 645 Å². The minimum atomic E-state index is 0.155. The highest BCUT2D eigenvalue weighted by molar-refractivity contribution is 6.35. The molecule has 0 radical (unpaired) electrons. The fraction of sp³-hybridized carbons (Fsp3) is 0.436. The minimum absolute atomic E-state index is 0.155. The van der Waals surface area contributed by atoms with E-state index in [2.05, 4.69) is 161 Å². The second kappa shape index (κ2) is 37.7. The Morgan fingerprint density at radius 3 is 1.06 bits per heavy atom. The molecule has 0 bridgehead atoms. The molecule has 0 spiro atoms. The molecule has 18 rings (SSSR count). The van der Waals surface area contributed by atoms with E-state index in [-0.39, 0.29) is 17.1 Å². The zero-order chi connectivity index (χ0) is 74.6. The summed E-state index contributed by atoms with van der Waals surface area (Å²) in [5.41, 5.74) is 15.2. The summed E-state index contributed by atoms with van der Waals surface area (Å²) in [6.45, 7) is 23.0. The van der Waals surface area contributed by atoms with Gasteiger partial charge < -0.3 is 86.1 Å². The van der Waals surface area contributed by atoms with E-state index < -0.39 is 0 Å². The number of nitrogens with two attached hydrogens (primary N) is 1. The number of nitrogen functional groups attached to an aromatic ring is 1. The largest absolute Gasteiger partial charge is 0.399 e. The van der Waals surface area contributed by atoms with Crippen LogP contribution in [-0.4, -0.2) is 212 Å². The van der Waals surface area contributed by atoms with Crippen molar-refractivity contribution in [3.8, 4) is 0 Å². The molecule has 8 aromatic heterocycles. The number of aromatic nitrogens is 12. The molecule has 0 aliphatic carbocycles. The van der Waals surface area contributed by atoms with Crippen molar-refractivity contribution in [2.45, 2.75) is 90.9 Å². The van der Waals surface area contributed by atoms with E-state index in [4.69, 9.17) is 50.5 Å². The number of anilines is 11. The quantitative estimate of drug-likeness (QED) is 0.0349. The third kappa shape index (κ3) is 20.4. The number of hydrogen-bond donors (Lipinski definition) is 9. The third-order valence-electron chi connectivity index (χ3n) is 20.5. The highest BCUT2D eigenvalue weighted by Crippen LogP contribution is 2.33. The average Bonchev–Trinajstić information content (AvgIpc) is 1.58. The van der Waals surface area contributed by atoms with Crippen molar-refractivity contribution in [3.05, 3.63) is 138 Å². The number of H-pyrrole nitrogens is 4. The number of fused-ring (bicyclic) bond motifs is 4. The van der Waals surface area contributed by atoms with E-state index in [0.717, 1.165) is 191 Å². The molecule has 108 heavy (non-hydrogen) atoms. The molecule has 570 valence electrons. The van der Waals surface area contributed by atoms with Gasteiger partial charge in [-0.25, -0.2) is 4.98 Å². The molecule has 7 saturated heterocycles. The van der Waals surface area contributed by atoms with Gasteiger partial charge in [-0.05, 0) is 204 Å². The lowest BCUT2D eigenvalue weighted by Gasteiger charge is -2.35. The first-order valence-corrected chi connectivity index (χ1v) is 39.3. The van der Waals surface area contributed by atoms with Crippen molar-refractivity contribution in [2.24, 2.45) is 0 Å². The van der Waals surface area contributed by atoms with E-state index in [1.54, 1.807) is 26.1 Å². The fourth-order valence-electron chi connectivity index (χ4n) is 14.5. The van der Waals surface area contributed by atoms with Crippen LogP contribution in [0, 0.1) is 0 Å². The van der Waals surface area contributed by atoms with Gasteiger partial charge in [0.05, 0.1) is 21.5 Å². The highest BCUT2D eigenvalue weighted by Gasteiger charge is 2.24. The molecule has 15 heterocycles. The van der Waals surface area contributed by atoms with Crippen LogP contribution in [0.25, 0.3) is 44.1 Å². The highest BCUT2D eigenvalue weighted by atomic mass is 35.5. The SMILES string of the molecule is C1CCNCC1.CC(=O)N1CCN(c2ccc(N)cc2)CC1.CC(=O)N1CCN(c2ccc(Nc3nc(N4CCCCC4)c4cc[nH]c4n3)cc2)CC1.Clc1nc(Cl)c2cc[nH]c2n1.Clc1nc(N2CCCCC2)c2cc[nH]c2n1.c1cc2c(N3CCCCC3)nc(Nc3ccc(N4CCNCC4)cc3)nc2[nH]1. The smallest absolute Gasteiger partial charge is 0.231 e. The molecule has 0 saturated carbocycles. The van der Waals surface area contributed by atoms with Gasteiger partial charge in [-0.3, -0.25) is 9.59 Å². The van der Waals surface area contributed by atoms with Crippen LogP contribution in [0.4, 0.5) is 63.5 Å². The number of amides is 2. The number of piperidine rings is 4. The molecule has 11 aromatic rings. The van der Waals surface area contributed by atoms with E-state index in [9.17, 15) is 9.59 Å². The lowest BCUT2D eigenvalue weighted by Crippen LogP contribution is -2.48. The maximum Gasteiger partial charge on any atom is 0.231 e. The van der Waals surface area contributed by atoms with Gasteiger partial charge in [-0.15, -0.1) is 0 Å². The van der Waals surface area contributed by atoms with Crippen molar-refractivity contribution >= 4 is 154 Å². The first-order chi connectivity index (χ1) is 52.8. The molecule has 30 heteroatoms. The van der Waals surface area contributed by atoms with Crippen LogP contribution in [0.15, 0.2) is 122 Å². The molecule has 0 atom stereocenters. The van der Waals surface area contributed by atoms with Crippen molar-refractivity contribution in [2.75, 3.05) is 177 Å². The van der Waals surface area contributed by atoms with Gasteiger partial charge in [0.25, 0.3) is 0 Å². The first-order valence-electron chi connectivity index (χ1n) is 38.2. The second-order valence-corrected chi connectivity index (χ2v) is 28.9. The van der Waals surface area contributed by atoms with E-state index >= 15 is 0 Å². The molecule has 10 N–H and O–H groups in total. The molecule has 7 fully saturated rings. The molecule has 27 nitrogen and oxygen atoms in total. The number of piperazine rings is 3. The average molecular weight is 1530 g/mol. The summed E-state index contributed by atoms with van der Waals surface area (Å²) in [6.07, 6.45) is 22.9. The summed E-state index contributed by atoms with van der Waals surface area (Å²) in [7, 11) is 0. The summed E-state index contributed by atoms with van der Waals surface area (Å²) in [4.78, 5) is 88.3. The number of carbonyl (C=O) groups is 2. The Morgan fingerprint density at radius 2 is 0.676 bits per heavy atom. The monoisotopic (exact) mass is 1520 g/mol. The summed E-state index contributed by atoms with van der Waals surface area (Å²) in [5.74, 6) is 4.58. The molecule has 7 aliphatic heterocycles. The standard InChI is InChI=1S/C23H29N7O.C21H27N7.C12H17N3O.C11H13ClN4.C6H3Cl2N3.C5H11N/c1-17(31)28-13-15-29(16-14-28)19-7-5-18(6-8-19)25-23-26-21-20(9-10-24-21)22(27-23)30-11-3-2-4-12-30;1-2-12-28(13-3-1)20-18-8-9-23-19(18)25-21(26-20)24-16-4-6-17(7-5-16)27-14-10-22-11-15-27;1-10(16)14-6-8-15(9-7-14)12-4-2-11(13)3-5-12;12-11-14-9-8(4-5-13-9)10(15-11)16-6-2-1-3-7-16;7-4-3-1-2-9-5(3)11-6(8)10-4;1-2-4-6-5-3-1/h5-10H,2-4,11-16H2,1H3,(H2,24,25,26,27);4-9,22H,1-3,10-15H2,(H2,23,24,25,26);2-5H,6-9,13H2,1H3;4-5H,1-3,6-7H2,(H,13,14,15);1-2H,(H,9,10,11);6H,1-5H2. The molecule has 7 aliphatic rings. The Hall–Kier alpha value is -9.93. The van der Waals surface area contributed by atoms with Crippen LogP contribution in [0.5, 0.6) is 0 Å². The Morgan fingerprint density at radius 1 is 0.343 bits per heavy atom. The number of carbonyl (C=O) groups excluding carboxylic acids is 2. The summed E-state index contributed by atoms with van der Waals surface area (Å²) in [5, 5.41) is 18.3. The second-order valence-electron chi connectivity index (χ2n) is 27.9. The van der Waals surface area contributed by atoms with Crippen LogP contribution < -0.4 is 56.4 Å². The first kappa shape index (κ1) is 76.3. The van der Waals surface area contributed by atoms with Crippen LogP contribution in [0.3, 0.4) is 0 Å². The van der Waals surface area contributed by atoms with E-state index in [1.165, 1.54) is 107 Å². The van der Waals surface area contributed by atoms with Gasteiger partial charge >= 0.3 is 0 Å². The normalized spacial score (nSPS) is 16.9. The number of aromatic amines is 4. The summed E-state index contributed by atoms with van der Waals surface area (Å²) >= 11 is 17.2. The van der Waals surface area contributed by atoms with Crippen molar-refractivity contribution in [1.82, 2.24) is 80.2 Å².